The third kappa shape index (κ3) is 5.22. The molecule has 0 spiro atoms. The molecule has 0 unspecified atom stereocenters. The van der Waals surface area contributed by atoms with Crippen LogP contribution < -0.4 is 10.6 Å². The SMILES string of the molecule is CC(=O)CC(C)(C)NC(=O)CCN1C(=O)N[C@@](C)(c2ccc(C(C)C)cc2)C1=O. The van der Waals surface area contributed by atoms with Crippen LogP contribution in [0.3, 0.4) is 0 Å². The van der Waals surface area contributed by atoms with Crippen LogP contribution in [0, 0.1) is 0 Å². The summed E-state index contributed by atoms with van der Waals surface area (Å²) in [7, 11) is 0. The minimum absolute atomic E-state index is 0.0215. The van der Waals surface area contributed by atoms with Gasteiger partial charge in [0.1, 0.15) is 11.3 Å². The molecule has 1 aliphatic heterocycles. The molecule has 7 heteroatoms. The van der Waals surface area contributed by atoms with Crippen molar-refractivity contribution in [1.29, 1.82) is 0 Å². The Balaban J connectivity index is 2.05. The Morgan fingerprint density at radius 2 is 1.76 bits per heavy atom. The lowest BCUT2D eigenvalue weighted by atomic mass is 9.90. The van der Waals surface area contributed by atoms with E-state index in [-0.39, 0.29) is 37.0 Å². The van der Waals surface area contributed by atoms with Gasteiger partial charge in [0.05, 0.1) is 0 Å². The number of nitrogens with zero attached hydrogens (tertiary/aromatic N) is 1. The number of nitrogens with one attached hydrogen (secondary N) is 2. The number of rotatable bonds is 8. The van der Waals surface area contributed by atoms with Crippen LogP contribution in [0.5, 0.6) is 0 Å². The minimum atomic E-state index is -1.16. The monoisotopic (exact) mass is 401 g/mol. The second-order valence-electron chi connectivity index (χ2n) is 8.85. The van der Waals surface area contributed by atoms with Crippen LogP contribution in [0.1, 0.15) is 71.4 Å². The summed E-state index contributed by atoms with van der Waals surface area (Å²) in [5.41, 5.74) is 0.0229. The summed E-state index contributed by atoms with van der Waals surface area (Å²) >= 11 is 0. The highest BCUT2D eigenvalue weighted by Crippen LogP contribution is 2.30. The number of hydrogen-bond acceptors (Lipinski definition) is 4. The summed E-state index contributed by atoms with van der Waals surface area (Å²) in [6.07, 6.45) is 0.190. The van der Waals surface area contributed by atoms with Gasteiger partial charge in [-0.05, 0) is 44.7 Å². The lowest BCUT2D eigenvalue weighted by Crippen LogP contribution is -2.46. The van der Waals surface area contributed by atoms with E-state index in [0.717, 1.165) is 10.5 Å². The molecule has 29 heavy (non-hydrogen) atoms. The maximum Gasteiger partial charge on any atom is 0.325 e. The molecule has 4 amide bonds. The van der Waals surface area contributed by atoms with E-state index in [1.54, 1.807) is 20.8 Å². The highest BCUT2D eigenvalue weighted by molar-refractivity contribution is 6.07. The van der Waals surface area contributed by atoms with Crippen molar-refractivity contribution < 1.29 is 19.2 Å². The first-order chi connectivity index (χ1) is 13.4. The van der Waals surface area contributed by atoms with Gasteiger partial charge < -0.3 is 10.6 Å². The van der Waals surface area contributed by atoms with Gasteiger partial charge in [0.25, 0.3) is 5.91 Å². The van der Waals surface area contributed by atoms with Crippen LogP contribution in [0.15, 0.2) is 24.3 Å². The number of carbonyl (C=O) groups is 4. The van der Waals surface area contributed by atoms with Crippen LogP contribution in [-0.4, -0.2) is 40.6 Å². The minimum Gasteiger partial charge on any atom is -0.351 e. The van der Waals surface area contributed by atoms with E-state index in [0.29, 0.717) is 11.5 Å². The molecule has 1 fully saturated rings. The van der Waals surface area contributed by atoms with Crippen LogP contribution >= 0.6 is 0 Å². The Morgan fingerprint density at radius 3 is 2.28 bits per heavy atom. The Hall–Kier alpha value is -2.70. The molecule has 1 atom stereocenters. The van der Waals surface area contributed by atoms with E-state index in [2.05, 4.69) is 24.5 Å². The predicted molar refractivity (Wildman–Crippen MR) is 110 cm³/mol. The van der Waals surface area contributed by atoms with Gasteiger partial charge in [0, 0.05) is 24.9 Å². The zero-order chi connectivity index (χ0) is 22.0. The van der Waals surface area contributed by atoms with Crippen LogP contribution in [0.4, 0.5) is 4.79 Å². The molecule has 1 aromatic carbocycles. The molecule has 1 heterocycles. The van der Waals surface area contributed by atoms with Crippen molar-refractivity contribution in [1.82, 2.24) is 15.5 Å². The second-order valence-corrected chi connectivity index (χ2v) is 8.85. The number of benzene rings is 1. The average Bonchev–Trinajstić information content (AvgIpc) is 2.81. The fourth-order valence-electron chi connectivity index (χ4n) is 3.62. The number of ketones is 1. The van der Waals surface area contributed by atoms with Crippen molar-refractivity contribution in [2.24, 2.45) is 0 Å². The highest BCUT2D eigenvalue weighted by atomic mass is 16.2. The standard InChI is InChI=1S/C22H31N3O4/c1-14(2)16-7-9-17(10-8-16)22(6)19(28)25(20(29)24-22)12-11-18(27)23-21(4,5)13-15(3)26/h7-10,14H,11-13H2,1-6H3,(H,23,27)(H,24,29)/t22-/m0/s1. The Kier molecular flexibility index (Phi) is 6.50. The van der Waals surface area contributed by atoms with Gasteiger partial charge in [-0.2, -0.15) is 0 Å². The first-order valence-corrected chi connectivity index (χ1v) is 9.91. The van der Waals surface area contributed by atoms with Crippen LogP contribution in [0.2, 0.25) is 0 Å². The van der Waals surface area contributed by atoms with Crippen molar-refractivity contribution in [2.45, 2.75) is 71.4 Å². The summed E-state index contributed by atoms with van der Waals surface area (Å²) in [5.74, 6) is -0.348. The number of carbonyl (C=O) groups excluding carboxylic acids is 4. The molecular formula is C22H31N3O4. The molecule has 0 radical (unpaired) electrons. The Morgan fingerprint density at radius 1 is 1.17 bits per heavy atom. The fraction of sp³-hybridized carbons (Fsp3) is 0.545. The Bertz CT molecular complexity index is 814. The topological polar surface area (TPSA) is 95.6 Å². The Labute approximate surface area is 172 Å². The van der Waals surface area contributed by atoms with E-state index < -0.39 is 17.1 Å². The predicted octanol–water partition coefficient (Wildman–Crippen LogP) is 2.84. The normalized spacial score (nSPS) is 19.5. The molecular weight excluding hydrogens is 370 g/mol. The molecule has 2 N–H and O–H groups in total. The number of hydrogen-bond donors (Lipinski definition) is 2. The van der Waals surface area contributed by atoms with Gasteiger partial charge in [-0.1, -0.05) is 38.1 Å². The van der Waals surface area contributed by atoms with Crippen molar-refractivity contribution in [3.8, 4) is 0 Å². The van der Waals surface area contributed by atoms with E-state index in [1.165, 1.54) is 6.92 Å². The summed E-state index contributed by atoms with van der Waals surface area (Å²) in [5, 5.41) is 5.54. The quantitative estimate of drug-likeness (QED) is 0.655. The third-order valence-electron chi connectivity index (χ3n) is 5.16. The molecule has 0 saturated carbocycles. The zero-order valence-electron chi connectivity index (χ0n) is 18.1. The van der Waals surface area contributed by atoms with E-state index in [9.17, 15) is 19.2 Å². The summed E-state index contributed by atoms with van der Waals surface area (Å²) in [4.78, 5) is 50.0. The maximum atomic E-state index is 13.0. The summed E-state index contributed by atoms with van der Waals surface area (Å²) < 4.78 is 0. The van der Waals surface area contributed by atoms with E-state index in [4.69, 9.17) is 0 Å². The molecule has 0 aliphatic carbocycles. The summed E-state index contributed by atoms with van der Waals surface area (Å²) in [6.45, 7) is 10.8. The second kappa shape index (κ2) is 8.35. The first-order valence-electron chi connectivity index (χ1n) is 9.91. The third-order valence-corrected chi connectivity index (χ3v) is 5.16. The van der Waals surface area contributed by atoms with Crippen molar-refractivity contribution in [2.75, 3.05) is 6.54 Å². The van der Waals surface area contributed by atoms with Gasteiger partial charge in [-0.15, -0.1) is 0 Å². The lowest BCUT2D eigenvalue weighted by molar-refractivity contribution is -0.131. The number of imide groups is 1. The van der Waals surface area contributed by atoms with Gasteiger partial charge in [-0.3, -0.25) is 19.3 Å². The van der Waals surface area contributed by atoms with Crippen molar-refractivity contribution >= 4 is 23.6 Å². The molecule has 0 bridgehead atoms. The molecule has 0 aromatic heterocycles. The van der Waals surface area contributed by atoms with Gasteiger partial charge in [0.15, 0.2) is 0 Å². The molecule has 1 saturated heterocycles. The smallest absolute Gasteiger partial charge is 0.325 e. The zero-order valence-corrected chi connectivity index (χ0v) is 18.1. The fourth-order valence-corrected chi connectivity index (χ4v) is 3.62. The van der Waals surface area contributed by atoms with Crippen LogP contribution in [0.25, 0.3) is 0 Å². The lowest BCUT2D eigenvalue weighted by Gasteiger charge is -2.25. The van der Waals surface area contributed by atoms with Gasteiger partial charge >= 0.3 is 6.03 Å². The van der Waals surface area contributed by atoms with E-state index >= 15 is 0 Å². The average molecular weight is 402 g/mol. The molecule has 2 rings (SSSR count). The number of Topliss-reactive ketones (excluding diaryl/α,β-unsaturated/α-hetero) is 1. The van der Waals surface area contributed by atoms with Gasteiger partial charge in [-0.25, -0.2) is 4.79 Å². The van der Waals surface area contributed by atoms with Gasteiger partial charge in [0.2, 0.25) is 5.91 Å². The van der Waals surface area contributed by atoms with E-state index in [1.807, 2.05) is 24.3 Å². The van der Waals surface area contributed by atoms with Crippen molar-refractivity contribution in [3.05, 3.63) is 35.4 Å². The molecule has 1 aromatic rings. The highest BCUT2D eigenvalue weighted by Gasteiger charge is 2.48. The van der Waals surface area contributed by atoms with Crippen molar-refractivity contribution in [3.63, 3.8) is 0 Å². The molecule has 7 nitrogen and oxygen atoms in total. The maximum absolute atomic E-state index is 13.0. The number of urea groups is 1. The molecule has 158 valence electrons. The first kappa shape index (κ1) is 22.6. The largest absolute Gasteiger partial charge is 0.351 e. The molecule has 1 aliphatic rings. The van der Waals surface area contributed by atoms with Crippen LogP contribution in [-0.2, 0) is 19.9 Å². The number of amides is 4. The summed E-state index contributed by atoms with van der Waals surface area (Å²) in [6, 6.07) is 7.11.